The fraction of sp³-hybridized carbons (Fsp3) is 0.158. The van der Waals surface area contributed by atoms with Crippen molar-refractivity contribution < 1.29 is 23.1 Å². The molecule has 1 aromatic carbocycles. The Labute approximate surface area is 158 Å². The van der Waals surface area contributed by atoms with Crippen LogP contribution in [0, 0.1) is 12.7 Å². The van der Waals surface area contributed by atoms with E-state index < -0.39 is 24.2 Å². The standard InChI is InChI=1S/C19H15FN2O4S/c1-11-16(18(27-2)22-17(21-11)15-8-5-9-25-15)19(24)26-10-14(23)12-6-3-4-7-13(12)20/h3-9H,10H2,1-2H3. The first-order valence-electron chi connectivity index (χ1n) is 7.92. The molecule has 0 radical (unpaired) electrons. The number of ketones is 1. The molecule has 2 aromatic heterocycles. The molecule has 0 saturated carbocycles. The summed E-state index contributed by atoms with van der Waals surface area (Å²) in [5.41, 5.74) is 0.430. The lowest BCUT2D eigenvalue weighted by Gasteiger charge is -2.11. The fourth-order valence-electron chi connectivity index (χ4n) is 2.41. The Bertz CT molecular complexity index is 989. The monoisotopic (exact) mass is 386 g/mol. The van der Waals surface area contributed by atoms with Crippen molar-refractivity contribution in [2.24, 2.45) is 0 Å². The number of halogens is 1. The number of rotatable bonds is 6. The number of nitrogens with zero attached hydrogens (tertiary/aromatic N) is 2. The third-order valence-electron chi connectivity index (χ3n) is 3.70. The highest BCUT2D eigenvalue weighted by atomic mass is 32.2. The predicted molar refractivity (Wildman–Crippen MR) is 97.3 cm³/mol. The van der Waals surface area contributed by atoms with E-state index in [4.69, 9.17) is 9.15 Å². The summed E-state index contributed by atoms with van der Waals surface area (Å²) in [7, 11) is 0. The van der Waals surface area contributed by atoms with Crippen LogP contribution in [-0.2, 0) is 4.74 Å². The number of carbonyl (C=O) groups is 2. The quantitative estimate of drug-likeness (QED) is 0.275. The number of carbonyl (C=O) groups excluding carboxylic acids is 2. The number of hydrogen-bond acceptors (Lipinski definition) is 7. The molecule has 6 nitrogen and oxygen atoms in total. The van der Waals surface area contributed by atoms with Crippen molar-refractivity contribution in [2.75, 3.05) is 12.9 Å². The van der Waals surface area contributed by atoms with Gasteiger partial charge in [-0.15, -0.1) is 11.8 Å². The third-order valence-corrected chi connectivity index (χ3v) is 4.39. The van der Waals surface area contributed by atoms with Gasteiger partial charge in [0.2, 0.25) is 5.78 Å². The van der Waals surface area contributed by atoms with Gasteiger partial charge < -0.3 is 9.15 Å². The maximum absolute atomic E-state index is 13.7. The van der Waals surface area contributed by atoms with Gasteiger partial charge in [-0.1, -0.05) is 12.1 Å². The summed E-state index contributed by atoms with van der Waals surface area (Å²) in [5.74, 6) is -1.21. The van der Waals surface area contributed by atoms with Crippen molar-refractivity contribution in [3.63, 3.8) is 0 Å². The topological polar surface area (TPSA) is 82.3 Å². The molecule has 138 valence electrons. The summed E-state index contributed by atoms with van der Waals surface area (Å²) in [6, 6.07) is 8.95. The molecule has 3 rings (SSSR count). The zero-order valence-corrected chi connectivity index (χ0v) is 15.4. The molecule has 0 aliphatic heterocycles. The van der Waals surface area contributed by atoms with E-state index in [1.165, 1.54) is 42.3 Å². The lowest BCUT2D eigenvalue weighted by atomic mass is 10.1. The molecule has 0 spiro atoms. The second-order valence-electron chi connectivity index (χ2n) is 5.47. The Morgan fingerprint density at radius 1 is 1.19 bits per heavy atom. The van der Waals surface area contributed by atoms with E-state index in [0.29, 0.717) is 22.3 Å². The van der Waals surface area contributed by atoms with Gasteiger partial charge in [0.1, 0.15) is 16.4 Å². The normalized spacial score (nSPS) is 10.6. The second kappa shape index (κ2) is 8.13. The van der Waals surface area contributed by atoms with Crippen LogP contribution in [0.3, 0.4) is 0 Å². The summed E-state index contributed by atoms with van der Waals surface area (Å²) >= 11 is 1.24. The van der Waals surface area contributed by atoms with Crippen molar-refractivity contribution in [3.8, 4) is 11.6 Å². The number of furan rings is 1. The number of thioether (sulfide) groups is 1. The first-order chi connectivity index (χ1) is 13.0. The number of Topliss-reactive ketones (excluding diaryl/α,β-unsaturated/α-hetero) is 1. The Balaban J connectivity index is 1.80. The Kier molecular flexibility index (Phi) is 5.66. The van der Waals surface area contributed by atoms with Gasteiger partial charge in [-0.25, -0.2) is 19.2 Å². The Hall–Kier alpha value is -3.00. The number of ether oxygens (including phenoxy) is 1. The molecule has 0 amide bonds. The number of hydrogen-bond donors (Lipinski definition) is 0. The van der Waals surface area contributed by atoms with Crippen molar-refractivity contribution in [2.45, 2.75) is 11.9 Å². The lowest BCUT2D eigenvalue weighted by molar-refractivity contribution is 0.0468. The minimum atomic E-state index is -0.743. The van der Waals surface area contributed by atoms with Crippen molar-refractivity contribution in [1.82, 2.24) is 9.97 Å². The predicted octanol–water partition coefficient (Wildman–Crippen LogP) is 3.95. The number of benzene rings is 1. The summed E-state index contributed by atoms with van der Waals surface area (Å²) in [4.78, 5) is 33.2. The first-order valence-corrected chi connectivity index (χ1v) is 9.15. The van der Waals surface area contributed by atoms with Crippen LogP contribution in [0.1, 0.15) is 26.4 Å². The fourth-order valence-corrected chi connectivity index (χ4v) is 3.03. The van der Waals surface area contributed by atoms with Crippen LogP contribution in [0.4, 0.5) is 4.39 Å². The molecule has 0 fully saturated rings. The smallest absolute Gasteiger partial charge is 0.343 e. The van der Waals surface area contributed by atoms with E-state index in [1.54, 1.807) is 25.3 Å². The zero-order chi connectivity index (χ0) is 19.4. The van der Waals surface area contributed by atoms with E-state index in [-0.39, 0.29) is 11.1 Å². The van der Waals surface area contributed by atoms with Gasteiger partial charge in [0, 0.05) is 0 Å². The summed E-state index contributed by atoms with van der Waals surface area (Å²) in [6.07, 6.45) is 3.26. The second-order valence-corrected chi connectivity index (χ2v) is 6.27. The molecule has 0 N–H and O–H groups in total. The molecule has 0 unspecified atom stereocenters. The third kappa shape index (κ3) is 4.06. The largest absolute Gasteiger partial charge is 0.461 e. The van der Waals surface area contributed by atoms with E-state index in [9.17, 15) is 14.0 Å². The van der Waals surface area contributed by atoms with Gasteiger partial charge >= 0.3 is 5.97 Å². The molecule has 0 bridgehead atoms. The molecule has 8 heteroatoms. The summed E-state index contributed by atoms with van der Waals surface area (Å²) in [6.45, 7) is 1.07. The van der Waals surface area contributed by atoms with Crippen LogP contribution in [0.5, 0.6) is 0 Å². The van der Waals surface area contributed by atoms with Gasteiger partial charge in [-0.2, -0.15) is 0 Å². The minimum Gasteiger partial charge on any atom is -0.461 e. The van der Waals surface area contributed by atoms with Crippen molar-refractivity contribution in [1.29, 1.82) is 0 Å². The molecule has 0 aliphatic rings. The average Bonchev–Trinajstić information content (AvgIpc) is 3.20. The Morgan fingerprint density at radius 2 is 1.96 bits per heavy atom. The van der Waals surface area contributed by atoms with Crippen LogP contribution < -0.4 is 0 Å². The number of esters is 1. The van der Waals surface area contributed by atoms with Crippen molar-refractivity contribution in [3.05, 3.63) is 65.3 Å². The van der Waals surface area contributed by atoms with E-state index in [1.807, 2.05) is 0 Å². The lowest BCUT2D eigenvalue weighted by Crippen LogP contribution is -2.18. The molecule has 0 saturated heterocycles. The molecule has 27 heavy (non-hydrogen) atoms. The zero-order valence-electron chi connectivity index (χ0n) is 14.6. The van der Waals surface area contributed by atoms with E-state index in [0.717, 1.165) is 0 Å². The SMILES string of the molecule is CSc1nc(-c2ccco2)nc(C)c1C(=O)OCC(=O)c1ccccc1F. The highest BCUT2D eigenvalue weighted by molar-refractivity contribution is 7.98. The summed E-state index contributed by atoms with van der Waals surface area (Å²) < 4.78 is 24.0. The van der Waals surface area contributed by atoms with Crippen LogP contribution in [-0.4, -0.2) is 34.6 Å². The van der Waals surface area contributed by atoms with Gasteiger partial charge in [0.05, 0.1) is 17.5 Å². The highest BCUT2D eigenvalue weighted by Gasteiger charge is 2.22. The van der Waals surface area contributed by atoms with Crippen molar-refractivity contribution >= 4 is 23.5 Å². The molecule has 0 aliphatic carbocycles. The number of aryl methyl sites for hydroxylation is 1. The van der Waals surface area contributed by atoms with Crippen LogP contribution >= 0.6 is 11.8 Å². The van der Waals surface area contributed by atoms with Crippen LogP contribution in [0.25, 0.3) is 11.6 Å². The molecular formula is C19H15FN2O4S. The first kappa shape index (κ1) is 18.8. The molecular weight excluding hydrogens is 371 g/mol. The van der Waals surface area contributed by atoms with E-state index in [2.05, 4.69) is 9.97 Å². The van der Waals surface area contributed by atoms with Crippen LogP contribution in [0.2, 0.25) is 0 Å². The summed E-state index contributed by atoms with van der Waals surface area (Å²) in [5, 5.41) is 0.400. The molecule has 3 aromatic rings. The van der Waals surface area contributed by atoms with Crippen LogP contribution in [0.15, 0.2) is 52.1 Å². The Morgan fingerprint density at radius 3 is 2.63 bits per heavy atom. The maximum Gasteiger partial charge on any atom is 0.343 e. The minimum absolute atomic E-state index is 0.128. The maximum atomic E-state index is 13.7. The molecule has 2 heterocycles. The number of aromatic nitrogens is 2. The van der Waals surface area contributed by atoms with Gasteiger partial charge in [0.25, 0.3) is 0 Å². The van der Waals surface area contributed by atoms with E-state index >= 15 is 0 Å². The molecule has 0 atom stereocenters. The highest BCUT2D eigenvalue weighted by Crippen LogP contribution is 2.25. The van der Waals surface area contributed by atoms with Gasteiger partial charge in [-0.05, 0) is 37.4 Å². The van der Waals surface area contributed by atoms with Gasteiger partial charge in [0.15, 0.2) is 18.2 Å². The average molecular weight is 386 g/mol. The van der Waals surface area contributed by atoms with Gasteiger partial charge in [-0.3, -0.25) is 4.79 Å².